The van der Waals surface area contributed by atoms with Gasteiger partial charge in [-0.15, -0.1) is 0 Å². The van der Waals surface area contributed by atoms with Crippen LogP contribution >= 0.6 is 11.6 Å². The van der Waals surface area contributed by atoms with Gasteiger partial charge in [-0.25, -0.2) is 9.97 Å². The zero-order chi connectivity index (χ0) is 9.97. The van der Waals surface area contributed by atoms with Crippen LogP contribution in [0.1, 0.15) is 25.3 Å². The van der Waals surface area contributed by atoms with Gasteiger partial charge in [0.05, 0.1) is 0 Å². The first kappa shape index (κ1) is 9.71. The van der Waals surface area contributed by atoms with E-state index in [0.717, 1.165) is 30.3 Å². The Balaban J connectivity index is 2.09. The van der Waals surface area contributed by atoms with E-state index in [1.54, 1.807) is 0 Å². The summed E-state index contributed by atoms with van der Waals surface area (Å²) in [6, 6.07) is 0. The van der Waals surface area contributed by atoms with Crippen LogP contribution in [0.5, 0.6) is 0 Å². The predicted molar refractivity (Wildman–Crippen MR) is 57.6 cm³/mol. The number of halogens is 1. The van der Waals surface area contributed by atoms with Crippen LogP contribution in [0.2, 0.25) is 5.15 Å². The Bertz CT molecular complexity index is 323. The van der Waals surface area contributed by atoms with Crippen molar-refractivity contribution < 1.29 is 0 Å². The summed E-state index contributed by atoms with van der Waals surface area (Å²) in [5, 5.41) is 3.90. The van der Waals surface area contributed by atoms with Crippen molar-refractivity contribution in [3.8, 4) is 0 Å². The number of nitrogens with one attached hydrogen (secondary N) is 1. The summed E-state index contributed by atoms with van der Waals surface area (Å²) in [5.41, 5.74) is 1.02. The summed E-state index contributed by atoms with van der Waals surface area (Å²) in [5.74, 6) is 1.74. The fourth-order valence-corrected chi connectivity index (χ4v) is 1.69. The maximum Gasteiger partial charge on any atom is 0.137 e. The number of nitrogens with zero attached hydrogens (tertiary/aromatic N) is 2. The van der Waals surface area contributed by atoms with Gasteiger partial charge in [0.2, 0.25) is 0 Å². The summed E-state index contributed by atoms with van der Waals surface area (Å²) in [7, 11) is 0. The number of aromatic nitrogens is 2. The van der Waals surface area contributed by atoms with Crippen molar-refractivity contribution in [1.82, 2.24) is 9.97 Å². The minimum absolute atomic E-state index is 0.570. The quantitative estimate of drug-likeness (QED) is 0.778. The molecular formula is C10H14ClN3. The molecule has 1 fully saturated rings. The van der Waals surface area contributed by atoms with Crippen LogP contribution in [0.15, 0.2) is 6.33 Å². The van der Waals surface area contributed by atoms with Crippen LogP contribution in [0.25, 0.3) is 0 Å². The van der Waals surface area contributed by atoms with Gasteiger partial charge in [-0.2, -0.15) is 0 Å². The molecule has 0 radical (unpaired) electrons. The largest absolute Gasteiger partial charge is 0.369 e. The monoisotopic (exact) mass is 211 g/mol. The summed E-state index contributed by atoms with van der Waals surface area (Å²) >= 11 is 5.97. The van der Waals surface area contributed by atoms with Gasteiger partial charge in [0.1, 0.15) is 17.3 Å². The Hall–Kier alpha value is -0.830. The molecule has 14 heavy (non-hydrogen) atoms. The van der Waals surface area contributed by atoms with Crippen LogP contribution in [0.4, 0.5) is 5.82 Å². The van der Waals surface area contributed by atoms with Crippen molar-refractivity contribution in [1.29, 1.82) is 0 Å². The molecule has 1 heterocycles. The van der Waals surface area contributed by atoms with Gasteiger partial charge in [0.25, 0.3) is 0 Å². The van der Waals surface area contributed by atoms with Gasteiger partial charge < -0.3 is 5.32 Å². The van der Waals surface area contributed by atoms with Crippen molar-refractivity contribution in [3.63, 3.8) is 0 Å². The first-order valence-electron chi connectivity index (χ1n) is 5.04. The van der Waals surface area contributed by atoms with Crippen LogP contribution in [0.3, 0.4) is 0 Å². The summed E-state index contributed by atoms with van der Waals surface area (Å²) < 4.78 is 0. The second-order valence-electron chi connectivity index (χ2n) is 3.67. The Morgan fingerprint density at radius 2 is 2.29 bits per heavy atom. The second kappa shape index (κ2) is 4.13. The predicted octanol–water partition coefficient (Wildman–Crippen LogP) is 2.51. The van der Waals surface area contributed by atoms with Crippen molar-refractivity contribution >= 4 is 17.4 Å². The number of hydrogen-bond acceptors (Lipinski definition) is 3. The standard InChI is InChI=1S/C10H14ClN3/c1-2-8-9(11)13-6-14-10(8)12-5-7-3-4-7/h6-7H,2-5H2,1H3,(H,12,13,14). The molecule has 76 valence electrons. The first-order valence-corrected chi connectivity index (χ1v) is 5.42. The highest BCUT2D eigenvalue weighted by atomic mass is 35.5. The molecule has 0 aliphatic heterocycles. The number of hydrogen-bond donors (Lipinski definition) is 1. The zero-order valence-corrected chi connectivity index (χ0v) is 9.01. The maximum atomic E-state index is 5.97. The molecule has 1 aromatic heterocycles. The van der Waals surface area contributed by atoms with Gasteiger partial charge in [0.15, 0.2) is 0 Å². The van der Waals surface area contributed by atoms with E-state index >= 15 is 0 Å². The molecule has 1 saturated carbocycles. The highest BCUT2D eigenvalue weighted by Crippen LogP contribution is 2.29. The topological polar surface area (TPSA) is 37.8 Å². The molecular weight excluding hydrogens is 198 g/mol. The third-order valence-corrected chi connectivity index (χ3v) is 2.83. The summed E-state index contributed by atoms with van der Waals surface area (Å²) in [6.07, 6.45) is 5.06. The third-order valence-electron chi connectivity index (χ3n) is 2.50. The van der Waals surface area contributed by atoms with E-state index < -0.39 is 0 Å². The van der Waals surface area contributed by atoms with Crippen molar-refractivity contribution in [2.24, 2.45) is 5.92 Å². The lowest BCUT2D eigenvalue weighted by atomic mass is 10.2. The van der Waals surface area contributed by atoms with Crippen LogP contribution in [-0.4, -0.2) is 16.5 Å². The smallest absolute Gasteiger partial charge is 0.137 e. The van der Waals surface area contributed by atoms with E-state index in [9.17, 15) is 0 Å². The van der Waals surface area contributed by atoms with Gasteiger partial charge in [0, 0.05) is 12.1 Å². The van der Waals surface area contributed by atoms with Crippen molar-refractivity contribution in [2.45, 2.75) is 26.2 Å². The zero-order valence-electron chi connectivity index (χ0n) is 8.26. The average molecular weight is 212 g/mol. The molecule has 0 saturated heterocycles. The fourth-order valence-electron chi connectivity index (χ4n) is 1.42. The fraction of sp³-hybridized carbons (Fsp3) is 0.600. The summed E-state index contributed by atoms with van der Waals surface area (Å²) in [4.78, 5) is 8.17. The number of anilines is 1. The molecule has 1 aliphatic rings. The Morgan fingerprint density at radius 1 is 1.50 bits per heavy atom. The van der Waals surface area contributed by atoms with E-state index in [2.05, 4.69) is 22.2 Å². The first-order chi connectivity index (χ1) is 6.81. The lowest BCUT2D eigenvalue weighted by molar-refractivity contribution is 0.874. The van der Waals surface area contributed by atoms with Gasteiger partial charge in [-0.3, -0.25) is 0 Å². The molecule has 0 atom stereocenters. The van der Waals surface area contributed by atoms with E-state index in [0.29, 0.717) is 5.15 Å². The van der Waals surface area contributed by atoms with Crippen LogP contribution < -0.4 is 5.32 Å². The lowest BCUT2D eigenvalue weighted by Crippen LogP contribution is -2.08. The molecule has 1 N–H and O–H groups in total. The SMILES string of the molecule is CCc1c(Cl)ncnc1NCC1CC1. The van der Waals surface area contributed by atoms with E-state index in [1.165, 1.54) is 19.2 Å². The van der Waals surface area contributed by atoms with Crippen LogP contribution in [0, 0.1) is 5.92 Å². The average Bonchev–Trinajstić information content (AvgIpc) is 2.98. The molecule has 0 bridgehead atoms. The normalized spacial score (nSPS) is 15.6. The van der Waals surface area contributed by atoms with Crippen molar-refractivity contribution in [2.75, 3.05) is 11.9 Å². The Labute approximate surface area is 88.9 Å². The minimum atomic E-state index is 0.570. The molecule has 1 aliphatic carbocycles. The molecule has 0 spiro atoms. The van der Waals surface area contributed by atoms with Gasteiger partial charge in [-0.1, -0.05) is 18.5 Å². The molecule has 3 nitrogen and oxygen atoms in total. The maximum absolute atomic E-state index is 5.97. The van der Waals surface area contributed by atoms with E-state index in [-0.39, 0.29) is 0 Å². The van der Waals surface area contributed by atoms with E-state index in [4.69, 9.17) is 11.6 Å². The summed E-state index contributed by atoms with van der Waals surface area (Å²) in [6.45, 7) is 3.08. The molecule has 1 aromatic rings. The van der Waals surface area contributed by atoms with Gasteiger partial charge >= 0.3 is 0 Å². The van der Waals surface area contributed by atoms with Crippen LogP contribution in [-0.2, 0) is 6.42 Å². The highest BCUT2D eigenvalue weighted by Gasteiger charge is 2.21. The lowest BCUT2D eigenvalue weighted by Gasteiger charge is -2.09. The Morgan fingerprint density at radius 3 is 2.93 bits per heavy atom. The van der Waals surface area contributed by atoms with Gasteiger partial charge in [-0.05, 0) is 25.2 Å². The number of rotatable bonds is 4. The molecule has 0 unspecified atom stereocenters. The highest BCUT2D eigenvalue weighted by molar-refractivity contribution is 6.30. The second-order valence-corrected chi connectivity index (χ2v) is 4.03. The molecule has 4 heteroatoms. The molecule has 2 rings (SSSR count). The minimum Gasteiger partial charge on any atom is -0.369 e. The molecule has 0 amide bonds. The Kier molecular flexibility index (Phi) is 2.87. The van der Waals surface area contributed by atoms with E-state index in [1.807, 2.05) is 0 Å². The molecule has 0 aromatic carbocycles. The third kappa shape index (κ3) is 2.15. The van der Waals surface area contributed by atoms with Crippen molar-refractivity contribution in [3.05, 3.63) is 17.0 Å².